The summed E-state index contributed by atoms with van der Waals surface area (Å²) >= 11 is 6.09. The van der Waals surface area contributed by atoms with Crippen LogP contribution in [0.15, 0.2) is 12.1 Å². The Morgan fingerprint density at radius 3 is 2.94 bits per heavy atom. The lowest BCUT2D eigenvalue weighted by atomic mass is 10.0. The zero-order chi connectivity index (χ0) is 13.0. The Morgan fingerprint density at radius 2 is 2.28 bits per heavy atom. The number of aryl methyl sites for hydroxylation is 1. The van der Waals surface area contributed by atoms with Crippen LogP contribution in [0.2, 0.25) is 5.02 Å². The molecule has 2 N–H and O–H groups in total. The fourth-order valence-corrected chi connectivity index (χ4v) is 2.46. The summed E-state index contributed by atoms with van der Waals surface area (Å²) in [6, 6.07) is 4.47. The summed E-state index contributed by atoms with van der Waals surface area (Å²) in [5.41, 5.74) is 2.09. The molecule has 3 nitrogen and oxygen atoms in total. The number of nitrogens with one attached hydrogen (secondary N) is 2. The Morgan fingerprint density at radius 1 is 1.44 bits per heavy atom. The SMILES string of the molecule is COc1cc(Cl)c(C)cc1NCC1CCCCN1. The van der Waals surface area contributed by atoms with Crippen LogP contribution >= 0.6 is 11.6 Å². The number of halogens is 1. The van der Waals surface area contributed by atoms with Crippen molar-refractivity contribution in [1.82, 2.24) is 5.32 Å². The molecule has 1 saturated heterocycles. The maximum atomic E-state index is 6.09. The van der Waals surface area contributed by atoms with Gasteiger partial charge in [-0.2, -0.15) is 0 Å². The lowest BCUT2D eigenvalue weighted by Gasteiger charge is -2.24. The molecule has 1 aromatic rings. The van der Waals surface area contributed by atoms with Gasteiger partial charge in [-0.15, -0.1) is 0 Å². The summed E-state index contributed by atoms with van der Waals surface area (Å²) in [6.45, 7) is 4.06. The topological polar surface area (TPSA) is 33.3 Å². The van der Waals surface area contributed by atoms with Gasteiger partial charge in [0.05, 0.1) is 12.8 Å². The lowest BCUT2D eigenvalue weighted by molar-refractivity contribution is 0.408. The number of anilines is 1. The van der Waals surface area contributed by atoms with E-state index in [2.05, 4.69) is 10.6 Å². The van der Waals surface area contributed by atoms with Gasteiger partial charge in [0, 0.05) is 23.7 Å². The number of hydrogen-bond donors (Lipinski definition) is 2. The van der Waals surface area contributed by atoms with E-state index in [-0.39, 0.29) is 0 Å². The predicted octanol–water partition coefficient (Wildman–Crippen LogP) is 3.21. The molecule has 0 radical (unpaired) electrons. The highest BCUT2D eigenvalue weighted by atomic mass is 35.5. The van der Waals surface area contributed by atoms with Crippen molar-refractivity contribution in [2.24, 2.45) is 0 Å². The minimum atomic E-state index is 0.555. The highest BCUT2D eigenvalue weighted by molar-refractivity contribution is 6.31. The van der Waals surface area contributed by atoms with Crippen LogP contribution in [0.1, 0.15) is 24.8 Å². The molecule has 1 fully saturated rings. The van der Waals surface area contributed by atoms with Crippen molar-refractivity contribution in [3.63, 3.8) is 0 Å². The van der Waals surface area contributed by atoms with Gasteiger partial charge in [-0.1, -0.05) is 18.0 Å². The second-order valence-electron chi connectivity index (χ2n) is 4.83. The molecule has 0 saturated carbocycles. The fourth-order valence-electron chi connectivity index (χ4n) is 2.30. The van der Waals surface area contributed by atoms with Crippen molar-refractivity contribution >= 4 is 17.3 Å². The molecule has 1 aliphatic rings. The number of methoxy groups -OCH3 is 1. The van der Waals surface area contributed by atoms with Gasteiger partial charge in [0.25, 0.3) is 0 Å². The smallest absolute Gasteiger partial charge is 0.143 e. The molecule has 1 atom stereocenters. The number of piperidine rings is 1. The molecule has 0 aliphatic carbocycles. The highest BCUT2D eigenvalue weighted by Crippen LogP contribution is 2.30. The second-order valence-corrected chi connectivity index (χ2v) is 5.24. The Kier molecular flexibility index (Phi) is 4.72. The molecular formula is C14H21ClN2O. The van der Waals surface area contributed by atoms with Gasteiger partial charge in [0.2, 0.25) is 0 Å². The maximum Gasteiger partial charge on any atom is 0.143 e. The van der Waals surface area contributed by atoms with Crippen LogP contribution in [0.5, 0.6) is 5.75 Å². The monoisotopic (exact) mass is 268 g/mol. The summed E-state index contributed by atoms with van der Waals surface area (Å²) in [7, 11) is 1.67. The first kappa shape index (κ1) is 13.5. The van der Waals surface area contributed by atoms with E-state index >= 15 is 0 Å². The van der Waals surface area contributed by atoms with Crippen molar-refractivity contribution in [3.8, 4) is 5.75 Å². The Hall–Kier alpha value is -0.930. The number of hydrogen-bond acceptors (Lipinski definition) is 3. The standard InChI is InChI=1S/C14H21ClN2O/c1-10-7-13(14(18-2)8-12(10)15)17-9-11-5-3-4-6-16-11/h7-8,11,16-17H,3-6,9H2,1-2H3. The molecule has 18 heavy (non-hydrogen) atoms. The van der Waals surface area contributed by atoms with Crippen LogP contribution in [0, 0.1) is 6.92 Å². The van der Waals surface area contributed by atoms with Gasteiger partial charge in [0.1, 0.15) is 5.75 Å². The van der Waals surface area contributed by atoms with E-state index < -0.39 is 0 Å². The predicted molar refractivity (Wildman–Crippen MR) is 76.9 cm³/mol. The summed E-state index contributed by atoms with van der Waals surface area (Å²) in [5.74, 6) is 0.807. The van der Waals surface area contributed by atoms with E-state index in [0.717, 1.165) is 35.1 Å². The molecule has 1 aromatic carbocycles. The van der Waals surface area contributed by atoms with Crippen LogP contribution < -0.4 is 15.4 Å². The van der Waals surface area contributed by atoms with Gasteiger partial charge in [-0.05, 0) is 37.9 Å². The summed E-state index contributed by atoms with van der Waals surface area (Å²) in [6.07, 6.45) is 3.85. The van der Waals surface area contributed by atoms with E-state index in [0.29, 0.717) is 6.04 Å². The normalized spacial score (nSPS) is 19.6. The largest absolute Gasteiger partial charge is 0.495 e. The minimum absolute atomic E-state index is 0.555. The summed E-state index contributed by atoms with van der Waals surface area (Å²) in [4.78, 5) is 0. The zero-order valence-electron chi connectivity index (χ0n) is 11.1. The van der Waals surface area contributed by atoms with Crippen molar-refractivity contribution < 1.29 is 4.74 Å². The van der Waals surface area contributed by atoms with E-state index in [4.69, 9.17) is 16.3 Å². The lowest BCUT2D eigenvalue weighted by Crippen LogP contribution is -2.39. The van der Waals surface area contributed by atoms with Crippen molar-refractivity contribution in [2.45, 2.75) is 32.2 Å². The quantitative estimate of drug-likeness (QED) is 0.880. The number of ether oxygens (including phenoxy) is 1. The number of rotatable bonds is 4. The third-order valence-electron chi connectivity index (χ3n) is 3.43. The molecule has 1 aliphatic heterocycles. The highest BCUT2D eigenvalue weighted by Gasteiger charge is 2.13. The van der Waals surface area contributed by atoms with E-state index in [9.17, 15) is 0 Å². The van der Waals surface area contributed by atoms with Crippen molar-refractivity contribution in [1.29, 1.82) is 0 Å². The van der Waals surface area contributed by atoms with Crippen LogP contribution in [0.3, 0.4) is 0 Å². The molecule has 1 unspecified atom stereocenters. The molecule has 0 bridgehead atoms. The Bertz CT molecular complexity index is 403. The number of benzene rings is 1. The van der Waals surface area contributed by atoms with Crippen LogP contribution in [0.25, 0.3) is 0 Å². The average molecular weight is 269 g/mol. The molecular weight excluding hydrogens is 248 g/mol. The first-order valence-corrected chi connectivity index (χ1v) is 6.90. The van der Waals surface area contributed by atoms with Gasteiger partial charge < -0.3 is 15.4 Å². The van der Waals surface area contributed by atoms with Crippen molar-refractivity contribution in [3.05, 3.63) is 22.7 Å². The third kappa shape index (κ3) is 3.30. The molecule has 0 spiro atoms. The van der Waals surface area contributed by atoms with Gasteiger partial charge >= 0.3 is 0 Å². The fraction of sp³-hybridized carbons (Fsp3) is 0.571. The van der Waals surface area contributed by atoms with Gasteiger partial charge in [-0.25, -0.2) is 0 Å². The van der Waals surface area contributed by atoms with Gasteiger partial charge in [0.15, 0.2) is 0 Å². The van der Waals surface area contributed by atoms with E-state index in [1.165, 1.54) is 19.3 Å². The first-order chi connectivity index (χ1) is 8.70. The van der Waals surface area contributed by atoms with Crippen LogP contribution in [0.4, 0.5) is 5.69 Å². The summed E-state index contributed by atoms with van der Waals surface area (Å²) in [5, 5.41) is 7.72. The molecule has 100 valence electrons. The minimum Gasteiger partial charge on any atom is -0.495 e. The summed E-state index contributed by atoms with van der Waals surface area (Å²) < 4.78 is 5.35. The maximum absolute atomic E-state index is 6.09. The molecule has 4 heteroatoms. The van der Waals surface area contributed by atoms with E-state index in [1.807, 2.05) is 19.1 Å². The third-order valence-corrected chi connectivity index (χ3v) is 3.84. The molecule has 1 heterocycles. The zero-order valence-corrected chi connectivity index (χ0v) is 11.8. The van der Waals surface area contributed by atoms with Gasteiger partial charge in [-0.3, -0.25) is 0 Å². The van der Waals surface area contributed by atoms with Crippen molar-refractivity contribution in [2.75, 3.05) is 25.5 Å². The molecule has 0 aromatic heterocycles. The molecule has 2 rings (SSSR count). The average Bonchev–Trinajstić information content (AvgIpc) is 2.41. The molecule has 0 amide bonds. The van der Waals surface area contributed by atoms with Crippen LogP contribution in [-0.2, 0) is 0 Å². The van der Waals surface area contributed by atoms with E-state index in [1.54, 1.807) is 7.11 Å². The Labute approximate surface area is 114 Å². The van der Waals surface area contributed by atoms with Crippen LogP contribution in [-0.4, -0.2) is 26.2 Å². The Balaban J connectivity index is 2.01. The first-order valence-electron chi connectivity index (χ1n) is 6.52. The second kappa shape index (κ2) is 6.30.